The minimum absolute atomic E-state index is 0.130. The number of carbonyl (C=O) groups is 1. The van der Waals surface area contributed by atoms with E-state index in [2.05, 4.69) is 21.2 Å². The molecule has 6 nitrogen and oxygen atoms in total. The van der Waals surface area contributed by atoms with Crippen molar-refractivity contribution in [3.63, 3.8) is 0 Å². The molecule has 0 aliphatic heterocycles. The Bertz CT molecular complexity index is 752. The smallest absolute Gasteiger partial charge is 0.306 e. The maximum absolute atomic E-state index is 13.2. The third kappa shape index (κ3) is 3.40. The molecule has 0 bridgehead atoms. The summed E-state index contributed by atoms with van der Waals surface area (Å²) in [4.78, 5) is 21.9. The topological polar surface area (TPSA) is 81.5 Å². The lowest BCUT2D eigenvalue weighted by atomic mass is 10.2. The normalized spacial score (nSPS) is 10.1. The summed E-state index contributed by atoms with van der Waals surface area (Å²) in [5.74, 6) is -0.881. The summed E-state index contributed by atoms with van der Waals surface area (Å²) in [6, 6.07) is 7.83. The number of carbonyl (C=O) groups excluding carboxylic acids is 1. The highest BCUT2D eigenvalue weighted by Gasteiger charge is 2.16. The van der Waals surface area contributed by atoms with Crippen LogP contribution in [-0.2, 0) is 0 Å². The first-order valence-electron chi connectivity index (χ1n) is 6.01. The van der Waals surface area contributed by atoms with Crippen LogP contribution in [0.5, 0.6) is 5.75 Å². The number of hydrogen-bond acceptors (Lipinski definition) is 4. The molecule has 1 N–H and O–H groups in total. The first-order valence-corrected chi connectivity index (χ1v) is 6.80. The summed E-state index contributed by atoms with van der Waals surface area (Å²) in [5.41, 5.74) is -0.251. The Labute approximate surface area is 133 Å². The molecule has 2 aromatic carbocycles. The molecule has 2 rings (SSSR count). The summed E-state index contributed by atoms with van der Waals surface area (Å²) >= 11 is 3.26. The van der Waals surface area contributed by atoms with Gasteiger partial charge in [-0.1, -0.05) is 0 Å². The monoisotopic (exact) mass is 368 g/mol. The molecule has 0 spiro atoms. The lowest BCUT2D eigenvalue weighted by Crippen LogP contribution is -2.12. The SMILES string of the molecule is COc1ccc(C(=O)Nc2ccc(F)c([N+](=O)[O-])c2)cc1Br. The summed E-state index contributed by atoms with van der Waals surface area (Å²) < 4.78 is 18.9. The van der Waals surface area contributed by atoms with Crippen LogP contribution < -0.4 is 10.1 Å². The highest BCUT2D eigenvalue weighted by molar-refractivity contribution is 9.10. The van der Waals surface area contributed by atoms with E-state index in [-0.39, 0.29) is 5.69 Å². The van der Waals surface area contributed by atoms with Gasteiger partial charge in [0.2, 0.25) is 5.82 Å². The molecule has 114 valence electrons. The van der Waals surface area contributed by atoms with Gasteiger partial charge >= 0.3 is 5.69 Å². The summed E-state index contributed by atoms with van der Waals surface area (Å²) in [6.45, 7) is 0. The van der Waals surface area contributed by atoms with Crippen molar-refractivity contribution >= 4 is 33.2 Å². The number of methoxy groups -OCH3 is 1. The fraction of sp³-hybridized carbons (Fsp3) is 0.0714. The van der Waals surface area contributed by atoms with Crippen LogP contribution in [0.3, 0.4) is 0 Å². The molecule has 0 heterocycles. The van der Waals surface area contributed by atoms with Crippen LogP contribution in [0, 0.1) is 15.9 Å². The second kappa shape index (κ2) is 6.52. The van der Waals surface area contributed by atoms with Crippen molar-refractivity contribution < 1.29 is 18.8 Å². The molecule has 1 amide bonds. The zero-order valence-electron chi connectivity index (χ0n) is 11.3. The zero-order valence-corrected chi connectivity index (χ0v) is 12.9. The number of benzene rings is 2. The molecule has 0 aliphatic rings. The fourth-order valence-corrected chi connectivity index (χ4v) is 2.28. The quantitative estimate of drug-likeness (QED) is 0.657. The lowest BCUT2D eigenvalue weighted by Gasteiger charge is -2.08. The van der Waals surface area contributed by atoms with E-state index in [1.54, 1.807) is 12.1 Å². The van der Waals surface area contributed by atoms with Crippen LogP contribution in [0.25, 0.3) is 0 Å². The van der Waals surface area contributed by atoms with E-state index in [1.807, 2.05) is 0 Å². The predicted octanol–water partition coefficient (Wildman–Crippen LogP) is 3.76. The van der Waals surface area contributed by atoms with E-state index >= 15 is 0 Å². The molecule has 8 heteroatoms. The molecule has 0 atom stereocenters. The third-order valence-corrected chi connectivity index (χ3v) is 3.43. The number of nitro groups is 1. The van der Waals surface area contributed by atoms with Crippen molar-refractivity contribution in [2.45, 2.75) is 0 Å². The van der Waals surface area contributed by atoms with E-state index < -0.39 is 22.3 Å². The third-order valence-electron chi connectivity index (χ3n) is 2.81. The van der Waals surface area contributed by atoms with Gasteiger partial charge in [-0.2, -0.15) is 4.39 Å². The second-order valence-electron chi connectivity index (χ2n) is 4.23. The van der Waals surface area contributed by atoms with Crippen molar-refractivity contribution in [2.75, 3.05) is 12.4 Å². The predicted molar refractivity (Wildman–Crippen MR) is 81.7 cm³/mol. The second-order valence-corrected chi connectivity index (χ2v) is 5.08. The highest BCUT2D eigenvalue weighted by atomic mass is 79.9. The molecule has 0 saturated carbocycles. The number of amides is 1. The van der Waals surface area contributed by atoms with Gasteiger partial charge < -0.3 is 10.1 Å². The van der Waals surface area contributed by atoms with Crippen LogP contribution >= 0.6 is 15.9 Å². The minimum atomic E-state index is -0.963. The van der Waals surface area contributed by atoms with Gasteiger partial charge in [-0.05, 0) is 46.3 Å². The molecule has 0 fully saturated rings. The van der Waals surface area contributed by atoms with E-state index in [4.69, 9.17) is 4.74 Å². The Morgan fingerprint density at radius 2 is 2.05 bits per heavy atom. The van der Waals surface area contributed by atoms with Gasteiger partial charge in [0.25, 0.3) is 5.91 Å². The van der Waals surface area contributed by atoms with E-state index in [0.717, 1.165) is 12.1 Å². The van der Waals surface area contributed by atoms with E-state index in [0.29, 0.717) is 15.8 Å². The maximum Gasteiger partial charge on any atom is 0.306 e. The first-order chi connectivity index (χ1) is 10.4. The molecule has 0 saturated heterocycles. The number of nitrogens with one attached hydrogen (secondary N) is 1. The van der Waals surface area contributed by atoms with E-state index in [1.165, 1.54) is 19.2 Å². The Hall–Kier alpha value is -2.48. The average molecular weight is 369 g/mol. The number of nitrogens with zero attached hydrogens (tertiary/aromatic N) is 1. The molecular formula is C14H10BrFN2O4. The van der Waals surface area contributed by atoms with Crippen molar-refractivity contribution in [1.82, 2.24) is 0 Å². The molecule has 0 radical (unpaired) electrons. The Morgan fingerprint density at radius 1 is 1.32 bits per heavy atom. The Morgan fingerprint density at radius 3 is 2.64 bits per heavy atom. The number of rotatable bonds is 4. The van der Waals surface area contributed by atoms with Gasteiger partial charge in [0.15, 0.2) is 0 Å². The Kier molecular flexibility index (Phi) is 4.71. The van der Waals surface area contributed by atoms with Gasteiger partial charge in [-0.25, -0.2) is 0 Å². The van der Waals surface area contributed by atoms with Crippen LogP contribution in [0.4, 0.5) is 15.8 Å². The van der Waals surface area contributed by atoms with Crippen molar-refractivity contribution in [1.29, 1.82) is 0 Å². The van der Waals surface area contributed by atoms with Crippen LogP contribution in [0.2, 0.25) is 0 Å². The molecule has 0 aromatic heterocycles. The zero-order chi connectivity index (χ0) is 16.3. The van der Waals surface area contributed by atoms with Crippen molar-refractivity contribution in [3.05, 3.63) is 62.4 Å². The molecule has 0 unspecified atom stereocenters. The summed E-state index contributed by atoms with van der Waals surface area (Å²) in [5, 5.41) is 13.2. The molecule has 0 aliphatic carbocycles. The highest BCUT2D eigenvalue weighted by Crippen LogP contribution is 2.26. The number of ether oxygens (including phenoxy) is 1. The molecule has 22 heavy (non-hydrogen) atoms. The van der Waals surface area contributed by atoms with E-state index in [9.17, 15) is 19.3 Å². The van der Waals surface area contributed by atoms with Gasteiger partial charge in [0.05, 0.1) is 16.5 Å². The van der Waals surface area contributed by atoms with Crippen LogP contribution in [0.15, 0.2) is 40.9 Å². The van der Waals surface area contributed by atoms with Gasteiger partial charge in [0.1, 0.15) is 5.75 Å². The number of hydrogen-bond donors (Lipinski definition) is 1. The first kappa shape index (κ1) is 15.9. The molecule has 2 aromatic rings. The number of halogens is 2. The summed E-state index contributed by atoms with van der Waals surface area (Å²) in [6.07, 6.45) is 0. The largest absolute Gasteiger partial charge is 0.496 e. The van der Waals surface area contributed by atoms with Gasteiger partial charge in [-0.15, -0.1) is 0 Å². The maximum atomic E-state index is 13.2. The number of nitro benzene ring substituents is 1. The molecular weight excluding hydrogens is 359 g/mol. The Balaban J connectivity index is 2.24. The fourth-order valence-electron chi connectivity index (χ4n) is 1.74. The lowest BCUT2D eigenvalue weighted by molar-refractivity contribution is -0.387. The van der Waals surface area contributed by atoms with Crippen molar-refractivity contribution in [3.8, 4) is 5.75 Å². The average Bonchev–Trinajstić information content (AvgIpc) is 2.48. The summed E-state index contributed by atoms with van der Waals surface area (Å²) in [7, 11) is 1.50. The van der Waals surface area contributed by atoms with Crippen molar-refractivity contribution in [2.24, 2.45) is 0 Å². The van der Waals surface area contributed by atoms with Gasteiger partial charge in [0, 0.05) is 17.3 Å². The van der Waals surface area contributed by atoms with Crippen LogP contribution in [-0.4, -0.2) is 17.9 Å². The minimum Gasteiger partial charge on any atom is -0.496 e. The standard InChI is InChI=1S/C14H10BrFN2O4/c1-22-13-5-2-8(6-10(13)15)14(19)17-9-3-4-11(16)12(7-9)18(20)21/h2-7H,1H3,(H,17,19). The van der Waals surface area contributed by atoms with Crippen LogP contribution in [0.1, 0.15) is 10.4 Å². The number of anilines is 1. The van der Waals surface area contributed by atoms with Gasteiger partial charge in [-0.3, -0.25) is 14.9 Å².